The molecule has 0 radical (unpaired) electrons. The molecular weight excluding hydrogens is 230 g/mol. The number of ether oxygens (including phenoxy) is 1. The van der Waals surface area contributed by atoms with Crippen LogP contribution in [-0.4, -0.2) is 56.0 Å². The lowest BCUT2D eigenvalue weighted by atomic mass is 10.1. The van der Waals surface area contributed by atoms with Crippen molar-refractivity contribution in [1.82, 2.24) is 4.90 Å². The third-order valence-corrected chi connectivity index (χ3v) is 3.66. The second-order valence-electron chi connectivity index (χ2n) is 4.19. The predicted molar refractivity (Wildman–Crippen MR) is 62.1 cm³/mol. The molecule has 0 aromatic rings. The Kier molecular flexibility index (Phi) is 5.68. The molecule has 5 nitrogen and oxygen atoms in total. The maximum Gasteiger partial charge on any atom is 0.266 e. The highest BCUT2D eigenvalue weighted by molar-refractivity contribution is 7.85. The predicted octanol–water partition coefficient (Wildman–Crippen LogP) is 0.765. The largest absolute Gasteiger partial charge is 0.379 e. The fourth-order valence-corrected chi connectivity index (χ4v) is 2.86. The highest BCUT2D eigenvalue weighted by Crippen LogP contribution is 2.13. The Morgan fingerprint density at radius 1 is 1.38 bits per heavy atom. The minimum absolute atomic E-state index is 0.0705. The van der Waals surface area contributed by atoms with E-state index in [-0.39, 0.29) is 11.8 Å². The monoisotopic (exact) mass is 251 g/mol. The quantitative estimate of drug-likeness (QED) is 0.706. The van der Waals surface area contributed by atoms with Crippen LogP contribution in [0.2, 0.25) is 0 Å². The van der Waals surface area contributed by atoms with Crippen LogP contribution < -0.4 is 0 Å². The minimum Gasteiger partial charge on any atom is -0.379 e. The first-order chi connectivity index (χ1) is 7.53. The molecular formula is C10H21NO4S. The average molecular weight is 251 g/mol. The van der Waals surface area contributed by atoms with E-state index >= 15 is 0 Å². The highest BCUT2D eigenvalue weighted by Gasteiger charge is 2.24. The van der Waals surface area contributed by atoms with E-state index in [0.717, 1.165) is 32.4 Å². The van der Waals surface area contributed by atoms with Crippen molar-refractivity contribution in [2.24, 2.45) is 0 Å². The molecule has 0 amide bonds. The van der Waals surface area contributed by atoms with Crippen molar-refractivity contribution in [1.29, 1.82) is 0 Å². The standard InChI is InChI=1S/C10H21NO4S/c1-2-3-4-10(9-16(12,13)14)11-5-7-15-8-6-11/h10H,2-9H2,1H3,(H,12,13,14). The van der Waals surface area contributed by atoms with Gasteiger partial charge in [-0.2, -0.15) is 8.42 Å². The number of unbranched alkanes of at least 4 members (excludes halogenated alkanes) is 1. The van der Waals surface area contributed by atoms with E-state index in [1.54, 1.807) is 0 Å². The van der Waals surface area contributed by atoms with Crippen LogP contribution in [0.15, 0.2) is 0 Å². The molecule has 0 aliphatic carbocycles. The summed E-state index contributed by atoms with van der Waals surface area (Å²) in [7, 11) is -3.89. The molecule has 0 aromatic heterocycles. The molecule has 6 heteroatoms. The van der Waals surface area contributed by atoms with Crippen molar-refractivity contribution in [3.63, 3.8) is 0 Å². The lowest BCUT2D eigenvalue weighted by Crippen LogP contribution is -2.46. The van der Waals surface area contributed by atoms with Gasteiger partial charge in [-0.3, -0.25) is 9.45 Å². The van der Waals surface area contributed by atoms with E-state index in [4.69, 9.17) is 9.29 Å². The fourth-order valence-electron chi connectivity index (χ4n) is 2.00. The van der Waals surface area contributed by atoms with Crippen molar-refractivity contribution < 1.29 is 17.7 Å². The molecule has 0 saturated carbocycles. The number of morpholine rings is 1. The first-order valence-corrected chi connectivity index (χ1v) is 7.41. The molecule has 1 heterocycles. The van der Waals surface area contributed by atoms with Crippen LogP contribution >= 0.6 is 0 Å². The summed E-state index contributed by atoms with van der Waals surface area (Å²) in [5, 5.41) is 0. The molecule has 1 aliphatic rings. The van der Waals surface area contributed by atoms with E-state index in [1.165, 1.54) is 0 Å². The van der Waals surface area contributed by atoms with Crippen molar-refractivity contribution in [2.45, 2.75) is 32.2 Å². The summed E-state index contributed by atoms with van der Waals surface area (Å²) in [6.07, 6.45) is 2.83. The molecule has 1 atom stereocenters. The number of nitrogens with zero attached hydrogens (tertiary/aromatic N) is 1. The zero-order valence-corrected chi connectivity index (χ0v) is 10.6. The second kappa shape index (κ2) is 6.54. The van der Waals surface area contributed by atoms with E-state index in [1.807, 2.05) is 0 Å². The Labute approximate surface area is 97.5 Å². The van der Waals surface area contributed by atoms with Crippen LogP contribution in [0.1, 0.15) is 26.2 Å². The van der Waals surface area contributed by atoms with Gasteiger partial charge in [0.25, 0.3) is 10.1 Å². The smallest absolute Gasteiger partial charge is 0.266 e. The number of hydrogen-bond acceptors (Lipinski definition) is 4. The molecule has 0 bridgehead atoms. The van der Waals surface area contributed by atoms with Gasteiger partial charge in [0.2, 0.25) is 0 Å². The second-order valence-corrected chi connectivity index (χ2v) is 5.69. The topological polar surface area (TPSA) is 66.8 Å². The number of rotatable bonds is 6. The van der Waals surface area contributed by atoms with Crippen LogP contribution in [-0.2, 0) is 14.9 Å². The zero-order chi connectivity index (χ0) is 12.0. The summed E-state index contributed by atoms with van der Waals surface area (Å²) >= 11 is 0. The van der Waals surface area contributed by atoms with Gasteiger partial charge in [-0.15, -0.1) is 0 Å². The summed E-state index contributed by atoms with van der Waals surface area (Å²) in [5.74, 6) is -0.160. The summed E-state index contributed by atoms with van der Waals surface area (Å²) in [6, 6.07) is -0.0705. The van der Waals surface area contributed by atoms with Crippen molar-refractivity contribution >= 4 is 10.1 Å². The summed E-state index contributed by atoms with van der Waals surface area (Å²) in [4.78, 5) is 2.10. The molecule has 1 fully saturated rings. The molecule has 1 aliphatic heterocycles. The fraction of sp³-hybridized carbons (Fsp3) is 1.00. The van der Waals surface area contributed by atoms with Crippen LogP contribution in [0.25, 0.3) is 0 Å². The van der Waals surface area contributed by atoms with Gasteiger partial charge in [-0.05, 0) is 6.42 Å². The summed E-state index contributed by atoms with van der Waals surface area (Å²) in [6.45, 7) is 4.87. The van der Waals surface area contributed by atoms with Gasteiger partial charge in [-0.1, -0.05) is 19.8 Å². The average Bonchev–Trinajstić information content (AvgIpc) is 2.24. The third kappa shape index (κ3) is 5.25. The van der Waals surface area contributed by atoms with Crippen LogP contribution in [0.3, 0.4) is 0 Å². The third-order valence-electron chi connectivity index (χ3n) is 2.86. The van der Waals surface area contributed by atoms with Crippen LogP contribution in [0.4, 0.5) is 0 Å². The molecule has 1 saturated heterocycles. The SMILES string of the molecule is CCCCC(CS(=O)(=O)O)N1CCOCC1. The molecule has 0 aromatic carbocycles. The molecule has 1 N–H and O–H groups in total. The van der Waals surface area contributed by atoms with Crippen LogP contribution in [0.5, 0.6) is 0 Å². The van der Waals surface area contributed by atoms with Gasteiger partial charge in [0.05, 0.1) is 19.0 Å². The first kappa shape index (κ1) is 13.9. The first-order valence-electron chi connectivity index (χ1n) is 5.80. The van der Waals surface area contributed by atoms with Gasteiger partial charge in [0.15, 0.2) is 0 Å². The highest BCUT2D eigenvalue weighted by atomic mass is 32.2. The van der Waals surface area contributed by atoms with Crippen molar-refractivity contribution in [3.8, 4) is 0 Å². The zero-order valence-electron chi connectivity index (χ0n) is 9.76. The molecule has 96 valence electrons. The Morgan fingerprint density at radius 3 is 2.50 bits per heavy atom. The van der Waals surface area contributed by atoms with Gasteiger partial charge >= 0.3 is 0 Å². The van der Waals surface area contributed by atoms with Gasteiger partial charge in [0, 0.05) is 19.1 Å². The van der Waals surface area contributed by atoms with Crippen LogP contribution in [0, 0.1) is 0 Å². The lowest BCUT2D eigenvalue weighted by Gasteiger charge is -2.33. The molecule has 1 rings (SSSR count). The van der Waals surface area contributed by atoms with Gasteiger partial charge in [-0.25, -0.2) is 0 Å². The maximum absolute atomic E-state index is 10.9. The molecule has 1 unspecified atom stereocenters. The minimum atomic E-state index is -3.89. The van der Waals surface area contributed by atoms with Crippen molar-refractivity contribution in [2.75, 3.05) is 32.1 Å². The molecule has 0 spiro atoms. The Bertz CT molecular complexity index is 285. The summed E-state index contributed by atoms with van der Waals surface area (Å²) in [5.41, 5.74) is 0. The molecule has 16 heavy (non-hydrogen) atoms. The lowest BCUT2D eigenvalue weighted by molar-refractivity contribution is 0.0186. The normalized spacial score (nSPS) is 20.9. The number of hydrogen-bond donors (Lipinski definition) is 1. The Balaban J connectivity index is 2.54. The van der Waals surface area contributed by atoms with E-state index in [0.29, 0.717) is 13.2 Å². The van der Waals surface area contributed by atoms with Crippen molar-refractivity contribution in [3.05, 3.63) is 0 Å². The Hall–Kier alpha value is -0.170. The van der Waals surface area contributed by atoms with E-state index in [9.17, 15) is 8.42 Å². The van der Waals surface area contributed by atoms with Gasteiger partial charge in [0.1, 0.15) is 0 Å². The van der Waals surface area contributed by atoms with Gasteiger partial charge < -0.3 is 4.74 Å². The van der Waals surface area contributed by atoms with E-state index < -0.39 is 10.1 Å². The van der Waals surface area contributed by atoms with E-state index in [2.05, 4.69) is 11.8 Å². The summed E-state index contributed by atoms with van der Waals surface area (Å²) < 4.78 is 36.1. The Morgan fingerprint density at radius 2 is 2.00 bits per heavy atom. The maximum atomic E-state index is 10.9.